The van der Waals surface area contributed by atoms with Crippen molar-refractivity contribution >= 4 is 29.3 Å². The molecule has 3 rings (SSSR count). The number of halogens is 5. The van der Waals surface area contributed by atoms with E-state index in [0.717, 1.165) is 18.1 Å². The maximum Gasteiger partial charge on any atom is 0.425 e. The lowest BCUT2D eigenvalue weighted by molar-refractivity contribution is -0.200. The van der Waals surface area contributed by atoms with Gasteiger partial charge in [0.05, 0.1) is 6.04 Å². The van der Waals surface area contributed by atoms with Crippen LogP contribution in [-0.4, -0.2) is 54.4 Å². The van der Waals surface area contributed by atoms with E-state index >= 15 is 0 Å². The first-order valence-electron chi connectivity index (χ1n) is 9.42. The second-order valence-electron chi connectivity index (χ2n) is 7.10. The van der Waals surface area contributed by atoms with E-state index in [4.69, 9.17) is 23.2 Å². The third-order valence-electron chi connectivity index (χ3n) is 5.05. The third kappa shape index (κ3) is 5.59. The van der Waals surface area contributed by atoms with Crippen LogP contribution in [-0.2, 0) is 4.74 Å². The summed E-state index contributed by atoms with van der Waals surface area (Å²) < 4.78 is 42.5. The van der Waals surface area contributed by atoms with Crippen molar-refractivity contribution in [1.29, 1.82) is 0 Å². The Kier molecular flexibility index (Phi) is 7.16. The number of carbonyl (C=O) groups is 1. The second kappa shape index (κ2) is 9.45. The summed E-state index contributed by atoms with van der Waals surface area (Å²) in [5.41, 5.74) is 2.03. The van der Waals surface area contributed by atoms with E-state index in [1.54, 1.807) is 0 Å². The molecule has 1 fully saturated rings. The number of piperazine rings is 1. The van der Waals surface area contributed by atoms with Crippen LogP contribution in [0.25, 0.3) is 0 Å². The van der Waals surface area contributed by atoms with Gasteiger partial charge in [-0.1, -0.05) is 47.5 Å². The standard InChI is InChI=1S/C21H21Cl2F3N2O2/c1-14(21(24,25)26)30-20(29)28-12-10-27(11-13-28)19(15-2-6-17(22)7-3-15)16-4-8-18(23)9-5-16/h2-9,14,19H,10-13H2,1H3. The lowest BCUT2D eigenvalue weighted by Crippen LogP contribution is -2.51. The van der Waals surface area contributed by atoms with Gasteiger partial charge in [-0.05, 0) is 42.3 Å². The van der Waals surface area contributed by atoms with Crippen LogP contribution in [0.1, 0.15) is 24.1 Å². The maximum absolute atomic E-state index is 12.7. The minimum atomic E-state index is -4.58. The highest BCUT2D eigenvalue weighted by atomic mass is 35.5. The van der Waals surface area contributed by atoms with Crippen molar-refractivity contribution < 1.29 is 22.7 Å². The summed E-state index contributed by atoms with van der Waals surface area (Å²) in [6.45, 7) is 2.31. The summed E-state index contributed by atoms with van der Waals surface area (Å²) in [5.74, 6) is 0. The summed E-state index contributed by atoms with van der Waals surface area (Å²) in [6.07, 6.45) is -7.67. The Morgan fingerprint density at radius 1 is 0.900 bits per heavy atom. The fourth-order valence-electron chi connectivity index (χ4n) is 3.36. The van der Waals surface area contributed by atoms with E-state index in [-0.39, 0.29) is 19.1 Å². The number of amides is 1. The van der Waals surface area contributed by atoms with Gasteiger partial charge in [-0.25, -0.2) is 4.79 Å². The van der Waals surface area contributed by atoms with Crippen LogP contribution in [0.3, 0.4) is 0 Å². The topological polar surface area (TPSA) is 32.8 Å². The molecule has 0 radical (unpaired) electrons. The molecule has 0 spiro atoms. The van der Waals surface area contributed by atoms with Crippen LogP contribution in [0.5, 0.6) is 0 Å². The van der Waals surface area contributed by atoms with Crippen molar-refractivity contribution in [2.45, 2.75) is 25.2 Å². The Bertz CT molecular complexity index is 807. The molecule has 1 unspecified atom stereocenters. The van der Waals surface area contributed by atoms with E-state index in [9.17, 15) is 18.0 Å². The maximum atomic E-state index is 12.7. The molecular formula is C21H21Cl2F3N2O2. The van der Waals surface area contributed by atoms with Gasteiger partial charge < -0.3 is 9.64 Å². The molecule has 0 bridgehead atoms. The zero-order valence-corrected chi connectivity index (χ0v) is 17.7. The number of nitrogens with zero attached hydrogens (tertiary/aromatic N) is 2. The normalized spacial score (nSPS) is 16.6. The largest absolute Gasteiger partial charge is 0.437 e. The predicted molar refractivity (Wildman–Crippen MR) is 110 cm³/mol. The molecule has 162 valence electrons. The molecule has 2 aromatic carbocycles. The molecule has 4 nitrogen and oxygen atoms in total. The van der Waals surface area contributed by atoms with Crippen molar-refractivity contribution in [3.8, 4) is 0 Å². The molecule has 30 heavy (non-hydrogen) atoms. The zero-order valence-electron chi connectivity index (χ0n) is 16.2. The highest BCUT2D eigenvalue weighted by molar-refractivity contribution is 6.30. The lowest BCUT2D eigenvalue weighted by atomic mass is 9.96. The molecule has 1 aliphatic rings. The SMILES string of the molecule is CC(OC(=O)N1CCN(C(c2ccc(Cl)cc2)c2ccc(Cl)cc2)CC1)C(F)(F)F. The summed E-state index contributed by atoms with van der Waals surface area (Å²) >= 11 is 12.1. The number of alkyl halides is 3. The zero-order chi connectivity index (χ0) is 21.9. The first-order chi connectivity index (χ1) is 14.1. The number of carbonyl (C=O) groups excluding carboxylic acids is 1. The van der Waals surface area contributed by atoms with Crippen LogP contribution in [0.15, 0.2) is 48.5 Å². The van der Waals surface area contributed by atoms with E-state index in [1.807, 2.05) is 48.5 Å². The number of hydrogen-bond donors (Lipinski definition) is 0. The number of benzene rings is 2. The van der Waals surface area contributed by atoms with Crippen molar-refractivity contribution in [3.05, 3.63) is 69.7 Å². The van der Waals surface area contributed by atoms with E-state index < -0.39 is 18.4 Å². The van der Waals surface area contributed by atoms with E-state index in [2.05, 4.69) is 9.64 Å². The quantitative estimate of drug-likeness (QED) is 0.578. The highest BCUT2D eigenvalue weighted by Gasteiger charge is 2.40. The molecule has 9 heteroatoms. The number of hydrogen-bond acceptors (Lipinski definition) is 3. The van der Waals surface area contributed by atoms with Gasteiger partial charge >= 0.3 is 12.3 Å². The fourth-order valence-corrected chi connectivity index (χ4v) is 3.61. The van der Waals surface area contributed by atoms with Crippen molar-refractivity contribution in [1.82, 2.24) is 9.80 Å². The molecule has 0 saturated carbocycles. The van der Waals surface area contributed by atoms with Gasteiger partial charge in [0.25, 0.3) is 0 Å². The van der Waals surface area contributed by atoms with Crippen LogP contribution in [0, 0.1) is 0 Å². The van der Waals surface area contributed by atoms with E-state index in [1.165, 1.54) is 4.90 Å². The Labute approximate surface area is 183 Å². The summed E-state index contributed by atoms with van der Waals surface area (Å²) in [5, 5.41) is 1.25. The monoisotopic (exact) mass is 460 g/mol. The molecule has 2 aromatic rings. The summed E-state index contributed by atoms with van der Waals surface area (Å²) in [7, 11) is 0. The van der Waals surface area contributed by atoms with Gasteiger partial charge in [0.15, 0.2) is 6.10 Å². The van der Waals surface area contributed by atoms with Crippen LogP contribution < -0.4 is 0 Å². The number of rotatable bonds is 4. The smallest absolute Gasteiger partial charge is 0.425 e. The van der Waals surface area contributed by atoms with Crippen molar-refractivity contribution in [2.75, 3.05) is 26.2 Å². The Hall–Kier alpha value is -1.96. The highest BCUT2D eigenvalue weighted by Crippen LogP contribution is 2.31. The van der Waals surface area contributed by atoms with Crippen LogP contribution in [0.4, 0.5) is 18.0 Å². The van der Waals surface area contributed by atoms with Gasteiger partial charge in [-0.2, -0.15) is 13.2 Å². The second-order valence-corrected chi connectivity index (χ2v) is 7.97. The average Bonchev–Trinajstić information content (AvgIpc) is 2.71. The molecule has 0 N–H and O–H groups in total. The molecule has 1 atom stereocenters. The predicted octanol–water partition coefficient (Wildman–Crippen LogP) is 5.79. The fraction of sp³-hybridized carbons (Fsp3) is 0.381. The minimum Gasteiger partial charge on any atom is -0.437 e. The molecule has 0 aromatic heterocycles. The Morgan fingerprint density at radius 2 is 1.33 bits per heavy atom. The molecule has 0 aliphatic carbocycles. The summed E-state index contributed by atoms with van der Waals surface area (Å²) in [6, 6.07) is 14.9. The van der Waals surface area contributed by atoms with Gasteiger partial charge in [0.1, 0.15) is 0 Å². The Balaban J connectivity index is 1.73. The van der Waals surface area contributed by atoms with Crippen molar-refractivity contribution in [3.63, 3.8) is 0 Å². The number of ether oxygens (including phenoxy) is 1. The first-order valence-corrected chi connectivity index (χ1v) is 10.2. The lowest BCUT2D eigenvalue weighted by Gasteiger charge is -2.39. The van der Waals surface area contributed by atoms with Crippen LogP contribution >= 0.6 is 23.2 Å². The van der Waals surface area contributed by atoms with E-state index in [0.29, 0.717) is 23.1 Å². The molecule has 1 saturated heterocycles. The molecule has 1 amide bonds. The molecular weight excluding hydrogens is 440 g/mol. The van der Waals surface area contributed by atoms with Crippen molar-refractivity contribution in [2.24, 2.45) is 0 Å². The minimum absolute atomic E-state index is 0.105. The summed E-state index contributed by atoms with van der Waals surface area (Å²) in [4.78, 5) is 15.6. The van der Waals surface area contributed by atoms with Gasteiger partial charge in [-0.15, -0.1) is 0 Å². The molecule has 1 heterocycles. The van der Waals surface area contributed by atoms with Gasteiger partial charge in [0, 0.05) is 36.2 Å². The van der Waals surface area contributed by atoms with Gasteiger partial charge in [-0.3, -0.25) is 4.90 Å². The Morgan fingerprint density at radius 3 is 1.73 bits per heavy atom. The molecule has 1 aliphatic heterocycles. The first kappa shape index (κ1) is 22.7. The van der Waals surface area contributed by atoms with Gasteiger partial charge in [0.2, 0.25) is 0 Å². The third-order valence-corrected chi connectivity index (χ3v) is 5.55. The average molecular weight is 461 g/mol. The van der Waals surface area contributed by atoms with Crippen LogP contribution in [0.2, 0.25) is 10.0 Å².